The summed E-state index contributed by atoms with van der Waals surface area (Å²) < 4.78 is 41.3. The molecule has 0 aromatic heterocycles. The Labute approximate surface area is 125 Å². The number of benzene rings is 1. The molecule has 2 nitrogen and oxygen atoms in total. The van der Waals surface area contributed by atoms with Gasteiger partial charge in [0.25, 0.3) is 0 Å². The molecule has 114 valence electrons. The largest absolute Gasteiger partial charge is 0.411 e. The number of halogens is 4. The van der Waals surface area contributed by atoms with Crippen LogP contribution in [0, 0.1) is 5.92 Å². The normalized spacial score (nSPS) is 13.4. The molecule has 0 fully saturated rings. The second kappa shape index (κ2) is 8.64. The Kier molecular flexibility index (Phi) is 7.55. The summed E-state index contributed by atoms with van der Waals surface area (Å²) in [5, 5.41) is 0. The Morgan fingerprint density at radius 1 is 1.30 bits per heavy atom. The van der Waals surface area contributed by atoms with Crippen molar-refractivity contribution in [1.82, 2.24) is 0 Å². The van der Waals surface area contributed by atoms with Crippen molar-refractivity contribution in [3.63, 3.8) is 0 Å². The third kappa shape index (κ3) is 7.87. The first kappa shape index (κ1) is 17.5. The van der Waals surface area contributed by atoms with Gasteiger partial charge in [0.2, 0.25) is 0 Å². The monoisotopic (exact) mass is 353 g/mol. The fourth-order valence-corrected chi connectivity index (χ4v) is 2.41. The average Bonchev–Trinajstić information content (AvgIpc) is 2.35. The van der Waals surface area contributed by atoms with Crippen LogP contribution in [0.3, 0.4) is 0 Å². The first-order valence-electron chi connectivity index (χ1n) is 6.49. The highest BCUT2D eigenvalue weighted by atomic mass is 79.9. The van der Waals surface area contributed by atoms with Crippen LogP contribution in [0.5, 0.6) is 0 Å². The van der Waals surface area contributed by atoms with Crippen molar-refractivity contribution in [3.05, 3.63) is 34.3 Å². The zero-order chi connectivity index (χ0) is 15.0. The molecule has 0 amide bonds. The number of hydrogen-bond donors (Lipinski definition) is 1. The fourth-order valence-electron chi connectivity index (χ4n) is 1.96. The van der Waals surface area contributed by atoms with E-state index in [4.69, 9.17) is 5.73 Å². The first-order chi connectivity index (χ1) is 9.40. The molecule has 2 N–H and O–H groups in total. The second-order valence-electron chi connectivity index (χ2n) is 4.75. The minimum Gasteiger partial charge on any atom is -0.372 e. The van der Waals surface area contributed by atoms with Crippen molar-refractivity contribution >= 4 is 15.9 Å². The van der Waals surface area contributed by atoms with Gasteiger partial charge in [0, 0.05) is 11.1 Å². The molecule has 1 unspecified atom stereocenters. The molecule has 1 aromatic carbocycles. The van der Waals surface area contributed by atoms with Crippen LogP contribution in [0.2, 0.25) is 0 Å². The molecule has 0 spiro atoms. The van der Waals surface area contributed by atoms with Gasteiger partial charge in [-0.15, -0.1) is 0 Å². The van der Waals surface area contributed by atoms with Gasteiger partial charge in [0.15, 0.2) is 0 Å². The highest BCUT2D eigenvalue weighted by molar-refractivity contribution is 9.10. The number of rotatable bonds is 8. The highest BCUT2D eigenvalue weighted by Crippen LogP contribution is 2.18. The molecule has 0 bridgehead atoms. The molecule has 0 aliphatic rings. The van der Waals surface area contributed by atoms with Crippen molar-refractivity contribution < 1.29 is 17.9 Å². The summed E-state index contributed by atoms with van der Waals surface area (Å²) in [5.41, 5.74) is 6.88. The van der Waals surface area contributed by atoms with Crippen molar-refractivity contribution in [2.24, 2.45) is 11.7 Å². The summed E-state index contributed by atoms with van der Waals surface area (Å²) in [6.07, 6.45) is -2.06. The van der Waals surface area contributed by atoms with Gasteiger partial charge in [-0.25, -0.2) is 0 Å². The van der Waals surface area contributed by atoms with Gasteiger partial charge in [-0.05, 0) is 49.4 Å². The highest BCUT2D eigenvalue weighted by Gasteiger charge is 2.27. The van der Waals surface area contributed by atoms with E-state index in [1.54, 1.807) is 0 Å². The lowest BCUT2D eigenvalue weighted by Crippen LogP contribution is -2.19. The lowest BCUT2D eigenvalue weighted by Gasteiger charge is -2.15. The van der Waals surface area contributed by atoms with Gasteiger partial charge >= 0.3 is 6.18 Å². The van der Waals surface area contributed by atoms with E-state index in [9.17, 15) is 13.2 Å². The minimum absolute atomic E-state index is 0.120. The molecule has 0 aliphatic heterocycles. The van der Waals surface area contributed by atoms with Gasteiger partial charge < -0.3 is 10.5 Å². The molecular formula is C14H19BrF3NO. The summed E-state index contributed by atoms with van der Waals surface area (Å²) in [7, 11) is 0. The van der Waals surface area contributed by atoms with Crippen LogP contribution in [0.1, 0.15) is 18.4 Å². The lowest BCUT2D eigenvalue weighted by atomic mass is 9.95. The summed E-state index contributed by atoms with van der Waals surface area (Å²) in [5.74, 6) is 0.263. The SMILES string of the molecule is NCC(CCCOCC(F)(F)F)Cc1cccc(Br)c1. The third-order valence-corrected chi connectivity index (χ3v) is 3.41. The molecule has 0 heterocycles. The van der Waals surface area contributed by atoms with Crippen molar-refractivity contribution in [3.8, 4) is 0 Å². The van der Waals surface area contributed by atoms with Gasteiger partial charge in [-0.2, -0.15) is 13.2 Å². The van der Waals surface area contributed by atoms with Crippen molar-refractivity contribution in [2.45, 2.75) is 25.4 Å². The van der Waals surface area contributed by atoms with E-state index in [0.29, 0.717) is 13.0 Å². The molecule has 0 radical (unpaired) electrons. The van der Waals surface area contributed by atoms with E-state index in [1.165, 1.54) is 5.56 Å². The van der Waals surface area contributed by atoms with E-state index < -0.39 is 12.8 Å². The molecule has 20 heavy (non-hydrogen) atoms. The van der Waals surface area contributed by atoms with Crippen LogP contribution < -0.4 is 5.73 Å². The molecule has 0 aliphatic carbocycles. The summed E-state index contributed by atoms with van der Waals surface area (Å²) in [6, 6.07) is 7.96. The van der Waals surface area contributed by atoms with Crippen LogP contribution in [-0.4, -0.2) is 25.9 Å². The van der Waals surface area contributed by atoms with Crippen LogP contribution in [-0.2, 0) is 11.2 Å². The van der Waals surface area contributed by atoms with E-state index >= 15 is 0 Å². The Morgan fingerprint density at radius 2 is 2.05 bits per heavy atom. The zero-order valence-corrected chi connectivity index (χ0v) is 12.7. The molecule has 6 heteroatoms. The first-order valence-corrected chi connectivity index (χ1v) is 7.29. The van der Waals surface area contributed by atoms with Crippen molar-refractivity contribution in [1.29, 1.82) is 0 Å². The Balaban J connectivity index is 2.26. The molecule has 1 aromatic rings. The number of ether oxygens (including phenoxy) is 1. The van der Waals surface area contributed by atoms with Crippen LogP contribution in [0.15, 0.2) is 28.7 Å². The molecule has 1 atom stereocenters. The van der Waals surface area contributed by atoms with Crippen molar-refractivity contribution in [2.75, 3.05) is 19.8 Å². The second-order valence-corrected chi connectivity index (χ2v) is 5.66. The number of nitrogens with two attached hydrogens (primary N) is 1. The van der Waals surface area contributed by atoms with E-state index in [2.05, 4.69) is 20.7 Å². The van der Waals surface area contributed by atoms with Gasteiger partial charge in [0.05, 0.1) is 0 Å². The van der Waals surface area contributed by atoms with Crippen LogP contribution >= 0.6 is 15.9 Å². The van der Waals surface area contributed by atoms with E-state index in [-0.39, 0.29) is 12.5 Å². The topological polar surface area (TPSA) is 35.2 Å². The predicted octanol–water partition coefficient (Wildman–Crippen LogP) is 3.93. The minimum atomic E-state index is -4.25. The maximum Gasteiger partial charge on any atom is 0.411 e. The van der Waals surface area contributed by atoms with Gasteiger partial charge in [0.1, 0.15) is 6.61 Å². The summed E-state index contributed by atoms with van der Waals surface area (Å²) >= 11 is 3.41. The maximum absolute atomic E-state index is 11.9. The van der Waals surface area contributed by atoms with Gasteiger partial charge in [-0.3, -0.25) is 0 Å². The Morgan fingerprint density at radius 3 is 2.65 bits per heavy atom. The quantitative estimate of drug-likeness (QED) is 0.718. The zero-order valence-electron chi connectivity index (χ0n) is 11.1. The summed E-state index contributed by atoms with van der Waals surface area (Å²) in [6.45, 7) is -0.536. The third-order valence-electron chi connectivity index (χ3n) is 2.91. The smallest absolute Gasteiger partial charge is 0.372 e. The Bertz CT molecular complexity index is 398. The Hall–Kier alpha value is -0.590. The molecule has 1 rings (SSSR count). The van der Waals surface area contributed by atoms with Gasteiger partial charge in [-0.1, -0.05) is 28.1 Å². The maximum atomic E-state index is 11.9. The molecule has 0 saturated carbocycles. The average molecular weight is 354 g/mol. The lowest BCUT2D eigenvalue weighted by molar-refractivity contribution is -0.174. The predicted molar refractivity (Wildman–Crippen MR) is 76.5 cm³/mol. The number of hydrogen-bond acceptors (Lipinski definition) is 2. The number of alkyl halides is 3. The summed E-state index contributed by atoms with van der Waals surface area (Å²) in [4.78, 5) is 0. The van der Waals surface area contributed by atoms with E-state index in [1.807, 2.05) is 24.3 Å². The fraction of sp³-hybridized carbons (Fsp3) is 0.571. The molecular weight excluding hydrogens is 335 g/mol. The standard InChI is InChI=1S/C14H19BrF3NO/c15-13-5-1-3-11(8-13)7-12(9-19)4-2-6-20-10-14(16,17)18/h1,3,5,8,12H,2,4,6-7,9-10,19H2. The van der Waals surface area contributed by atoms with Crippen LogP contribution in [0.25, 0.3) is 0 Å². The molecule has 0 saturated heterocycles. The van der Waals surface area contributed by atoms with Crippen LogP contribution in [0.4, 0.5) is 13.2 Å². The van der Waals surface area contributed by atoms with E-state index in [0.717, 1.165) is 17.3 Å².